The molecule has 3 N–H and O–H groups in total. The van der Waals surface area contributed by atoms with Gasteiger partial charge in [0.1, 0.15) is 11.9 Å². The molecule has 1 aliphatic heterocycles. The molecule has 0 radical (unpaired) electrons. The van der Waals surface area contributed by atoms with E-state index in [-0.39, 0.29) is 11.6 Å². The van der Waals surface area contributed by atoms with Crippen molar-refractivity contribution in [1.82, 2.24) is 5.43 Å². The molecule has 4 heteroatoms. The molecule has 0 aliphatic carbocycles. The second kappa shape index (κ2) is 5.67. The van der Waals surface area contributed by atoms with Crippen molar-refractivity contribution in [2.24, 2.45) is 0 Å². The van der Waals surface area contributed by atoms with Crippen LogP contribution in [-0.2, 0) is 5.41 Å². The Hall–Kier alpha value is -2.72. The first kappa shape index (κ1) is 15.8. The number of hydrogen-bond donors (Lipinski definition) is 3. The Bertz CT molecular complexity index is 935. The van der Waals surface area contributed by atoms with Gasteiger partial charge in [-0.25, -0.2) is 5.43 Å². The van der Waals surface area contributed by atoms with Crippen molar-refractivity contribution >= 4 is 22.1 Å². The number of aromatic hydroxyl groups is 1. The van der Waals surface area contributed by atoms with Gasteiger partial charge in [0.15, 0.2) is 0 Å². The molecular formula is C21H23N3O. The van der Waals surface area contributed by atoms with Crippen molar-refractivity contribution in [2.75, 3.05) is 17.4 Å². The Morgan fingerprint density at radius 1 is 0.920 bits per heavy atom. The summed E-state index contributed by atoms with van der Waals surface area (Å²) in [4.78, 5) is 2.27. The predicted octanol–water partition coefficient (Wildman–Crippen LogP) is 4.22. The minimum atomic E-state index is -0.0366. The maximum atomic E-state index is 10.1. The molecule has 0 aromatic heterocycles. The summed E-state index contributed by atoms with van der Waals surface area (Å²) in [6.45, 7) is 4.51. The summed E-state index contributed by atoms with van der Waals surface area (Å²) < 4.78 is 0. The summed E-state index contributed by atoms with van der Waals surface area (Å²) in [6, 6.07) is 20.0. The van der Waals surface area contributed by atoms with E-state index < -0.39 is 0 Å². The van der Waals surface area contributed by atoms with Gasteiger partial charge in [-0.2, -0.15) is 0 Å². The Kier molecular flexibility index (Phi) is 3.58. The highest BCUT2D eigenvalue weighted by Gasteiger charge is 2.42. The zero-order chi connectivity index (χ0) is 17.6. The highest BCUT2D eigenvalue weighted by atomic mass is 16.3. The van der Waals surface area contributed by atoms with Gasteiger partial charge in [-0.3, -0.25) is 0 Å². The molecule has 3 aromatic carbocycles. The number of benzene rings is 3. The third kappa shape index (κ3) is 2.41. The largest absolute Gasteiger partial charge is 0.507 e. The summed E-state index contributed by atoms with van der Waals surface area (Å²) >= 11 is 0. The standard InChI is InChI=1S/C21H23N3O/c1-21(2)16-10-6-7-11-18(16)24(3)20(21)23-22-17-12-13-19(25)15-9-5-4-8-14(15)17/h4-13,20,22-23,25H,1-3H3. The van der Waals surface area contributed by atoms with Crippen molar-refractivity contribution < 1.29 is 5.11 Å². The summed E-state index contributed by atoms with van der Waals surface area (Å²) in [5, 5.41) is 11.9. The molecule has 0 spiro atoms. The molecule has 1 atom stereocenters. The average molecular weight is 333 g/mol. The van der Waals surface area contributed by atoms with Gasteiger partial charge in [-0.15, -0.1) is 0 Å². The first-order valence-electron chi connectivity index (χ1n) is 8.55. The van der Waals surface area contributed by atoms with Crippen LogP contribution in [0.1, 0.15) is 19.4 Å². The van der Waals surface area contributed by atoms with Crippen molar-refractivity contribution in [1.29, 1.82) is 0 Å². The van der Waals surface area contributed by atoms with E-state index in [0.717, 1.165) is 16.5 Å². The SMILES string of the molecule is CN1c2ccccc2C(C)(C)C1NNc1ccc(O)c2ccccc12. The number of phenolic OH excluding ortho intramolecular Hbond substituents is 1. The molecule has 1 unspecified atom stereocenters. The maximum absolute atomic E-state index is 10.1. The molecule has 1 heterocycles. The van der Waals surface area contributed by atoms with Gasteiger partial charge >= 0.3 is 0 Å². The zero-order valence-corrected chi connectivity index (χ0v) is 14.7. The number of rotatable bonds is 3. The van der Waals surface area contributed by atoms with Crippen LogP contribution in [0.15, 0.2) is 60.7 Å². The van der Waals surface area contributed by atoms with E-state index in [0.29, 0.717) is 5.75 Å². The molecule has 0 amide bonds. The van der Waals surface area contributed by atoms with E-state index in [1.54, 1.807) is 6.07 Å². The van der Waals surface area contributed by atoms with E-state index in [2.05, 4.69) is 60.9 Å². The minimum absolute atomic E-state index is 0.0366. The van der Waals surface area contributed by atoms with Gasteiger partial charge in [0, 0.05) is 28.9 Å². The third-order valence-corrected chi connectivity index (χ3v) is 5.29. The van der Waals surface area contributed by atoms with Gasteiger partial charge in [0.2, 0.25) is 0 Å². The summed E-state index contributed by atoms with van der Waals surface area (Å²) in [5.41, 5.74) is 10.4. The number of para-hydroxylation sites is 1. The third-order valence-electron chi connectivity index (χ3n) is 5.29. The monoisotopic (exact) mass is 333 g/mol. The number of phenols is 1. The Morgan fingerprint density at radius 3 is 2.36 bits per heavy atom. The molecule has 0 bridgehead atoms. The molecule has 128 valence electrons. The summed E-state index contributed by atoms with van der Waals surface area (Å²) in [7, 11) is 2.11. The van der Waals surface area contributed by atoms with E-state index in [9.17, 15) is 5.11 Å². The first-order chi connectivity index (χ1) is 12.0. The second-order valence-electron chi connectivity index (χ2n) is 7.20. The van der Waals surface area contributed by atoms with E-state index in [1.165, 1.54) is 11.3 Å². The first-order valence-corrected chi connectivity index (χ1v) is 8.55. The molecule has 0 saturated heterocycles. The maximum Gasteiger partial charge on any atom is 0.123 e. The highest BCUT2D eigenvalue weighted by Crippen LogP contribution is 2.43. The molecule has 1 aliphatic rings. The molecule has 0 fully saturated rings. The summed E-state index contributed by atoms with van der Waals surface area (Å²) in [6.07, 6.45) is 0.109. The van der Waals surface area contributed by atoms with Crippen LogP contribution in [0.25, 0.3) is 10.8 Å². The highest BCUT2D eigenvalue weighted by molar-refractivity contribution is 5.97. The van der Waals surface area contributed by atoms with Crippen LogP contribution in [-0.4, -0.2) is 18.3 Å². The Labute approximate surface area is 148 Å². The van der Waals surface area contributed by atoms with Crippen LogP contribution in [0.5, 0.6) is 5.75 Å². The molecule has 3 aromatic rings. The van der Waals surface area contributed by atoms with Gasteiger partial charge in [-0.1, -0.05) is 56.3 Å². The van der Waals surface area contributed by atoms with Gasteiger partial charge < -0.3 is 15.4 Å². The quantitative estimate of drug-likeness (QED) is 0.496. The fraction of sp³-hybridized carbons (Fsp3) is 0.238. The van der Waals surface area contributed by atoms with Gasteiger partial charge in [0.25, 0.3) is 0 Å². The fourth-order valence-electron chi connectivity index (χ4n) is 3.91. The van der Waals surface area contributed by atoms with Crippen molar-refractivity contribution in [3.63, 3.8) is 0 Å². The number of likely N-dealkylation sites (N-methyl/N-ethyl adjacent to an activating group) is 1. The van der Waals surface area contributed by atoms with Crippen LogP contribution >= 0.6 is 0 Å². The lowest BCUT2D eigenvalue weighted by atomic mass is 9.84. The lowest BCUT2D eigenvalue weighted by molar-refractivity contribution is 0.383. The normalized spacial score (nSPS) is 18.4. The predicted molar refractivity (Wildman–Crippen MR) is 104 cm³/mol. The topological polar surface area (TPSA) is 47.5 Å². The van der Waals surface area contributed by atoms with E-state index >= 15 is 0 Å². The van der Waals surface area contributed by atoms with Crippen LogP contribution in [0.2, 0.25) is 0 Å². The van der Waals surface area contributed by atoms with E-state index in [1.807, 2.05) is 30.3 Å². The average Bonchev–Trinajstić information content (AvgIpc) is 2.82. The second-order valence-corrected chi connectivity index (χ2v) is 7.20. The Morgan fingerprint density at radius 2 is 1.60 bits per heavy atom. The van der Waals surface area contributed by atoms with Crippen LogP contribution < -0.4 is 15.8 Å². The number of hydrazine groups is 1. The Balaban J connectivity index is 1.64. The smallest absolute Gasteiger partial charge is 0.123 e. The number of fused-ring (bicyclic) bond motifs is 2. The van der Waals surface area contributed by atoms with E-state index in [4.69, 9.17) is 0 Å². The molecule has 25 heavy (non-hydrogen) atoms. The molecular weight excluding hydrogens is 310 g/mol. The van der Waals surface area contributed by atoms with Crippen molar-refractivity contribution in [3.05, 3.63) is 66.2 Å². The van der Waals surface area contributed by atoms with Crippen LogP contribution in [0, 0.1) is 0 Å². The van der Waals surface area contributed by atoms with Crippen molar-refractivity contribution in [3.8, 4) is 5.75 Å². The van der Waals surface area contributed by atoms with Gasteiger partial charge in [0.05, 0.1) is 5.69 Å². The summed E-state index contributed by atoms with van der Waals surface area (Å²) in [5.74, 6) is 0.298. The minimum Gasteiger partial charge on any atom is -0.507 e. The number of nitrogens with one attached hydrogen (secondary N) is 2. The number of nitrogens with zero attached hydrogens (tertiary/aromatic N) is 1. The fourth-order valence-corrected chi connectivity index (χ4v) is 3.91. The molecule has 4 nitrogen and oxygen atoms in total. The molecule has 4 rings (SSSR count). The van der Waals surface area contributed by atoms with Crippen molar-refractivity contribution in [2.45, 2.75) is 25.4 Å². The van der Waals surface area contributed by atoms with Gasteiger partial charge in [-0.05, 0) is 23.8 Å². The van der Waals surface area contributed by atoms with Crippen LogP contribution in [0.3, 0.4) is 0 Å². The lowest BCUT2D eigenvalue weighted by Crippen LogP contribution is -2.52. The lowest BCUT2D eigenvalue weighted by Gasteiger charge is -2.33. The van der Waals surface area contributed by atoms with Crippen LogP contribution in [0.4, 0.5) is 11.4 Å². The molecule has 0 saturated carbocycles. The number of hydrogen-bond acceptors (Lipinski definition) is 4. The zero-order valence-electron chi connectivity index (χ0n) is 14.7. The number of anilines is 2.